The van der Waals surface area contributed by atoms with Gasteiger partial charge < -0.3 is 15.2 Å². The van der Waals surface area contributed by atoms with Gasteiger partial charge in [-0.2, -0.15) is 0 Å². The molecular formula is C14H14FNO2. The first kappa shape index (κ1) is 12.2. The van der Waals surface area contributed by atoms with Gasteiger partial charge in [0, 0.05) is 5.56 Å². The molecule has 0 aliphatic carbocycles. The molecule has 0 aliphatic heterocycles. The third-order valence-corrected chi connectivity index (χ3v) is 2.72. The van der Waals surface area contributed by atoms with E-state index in [2.05, 4.69) is 0 Å². The highest BCUT2D eigenvalue weighted by molar-refractivity contribution is 5.72. The van der Waals surface area contributed by atoms with Crippen molar-refractivity contribution < 1.29 is 13.9 Å². The van der Waals surface area contributed by atoms with Gasteiger partial charge in [0.05, 0.1) is 19.9 Å². The minimum Gasteiger partial charge on any atom is -0.495 e. The summed E-state index contributed by atoms with van der Waals surface area (Å²) < 4.78 is 24.1. The third-order valence-electron chi connectivity index (χ3n) is 2.72. The van der Waals surface area contributed by atoms with Gasteiger partial charge in [0.2, 0.25) is 0 Å². The zero-order valence-electron chi connectivity index (χ0n) is 10.2. The number of hydrogen-bond acceptors (Lipinski definition) is 3. The number of methoxy groups -OCH3 is 2. The predicted octanol–water partition coefficient (Wildman–Crippen LogP) is 3.09. The number of ether oxygens (including phenoxy) is 2. The molecule has 0 aliphatic rings. The molecule has 0 amide bonds. The van der Waals surface area contributed by atoms with E-state index in [1.807, 2.05) is 0 Å². The maximum absolute atomic E-state index is 14.1. The molecule has 0 radical (unpaired) electrons. The van der Waals surface area contributed by atoms with Gasteiger partial charge in [0.1, 0.15) is 5.75 Å². The van der Waals surface area contributed by atoms with Crippen molar-refractivity contribution in [3.8, 4) is 22.6 Å². The van der Waals surface area contributed by atoms with E-state index in [0.29, 0.717) is 22.6 Å². The molecule has 0 spiro atoms. The number of nitrogen functional groups attached to an aromatic ring is 1. The average Bonchev–Trinajstić information content (AvgIpc) is 2.39. The lowest BCUT2D eigenvalue weighted by Gasteiger charge is -2.10. The fraction of sp³-hybridized carbons (Fsp3) is 0.143. The molecule has 0 bridgehead atoms. The van der Waals surface area contributed by atoms with Gasteiger partial charge in [-0.15, -0.1) is 0 Å². The zero-order valence-corrected chi connectivity index (χ0v) is 10.2. The Morgan fingerprint density at radius 1 is 1.00 bits per heavy atom. The van der Waals surface area contributed by atoms with Gasteiger partial charge in [0.25, 0.3) is 0 Å². The fourth-order valence-electron chi connectivity index (χ4n) is 1.79. The number of hydrogen-bond donors (Lipinski definition) is 1. The summed E-state index contributed by atoms with van der Waals surface area (Å²) in [6.45, 7) is 0. The standard InChI is InChI=1S/C14H14FNO2/c1-17-12-7-6-9(8-11(12)16)10-4-3-5-13(18-2)14(10)15/h3-8H,16H2,1-2H3. The van der Waals surface area contributed by atoms with Gasteiger partial charge in [-0.25, -0.2) is 4.39 Å². The Kier molecular flexibility index (Phi) is 3.37. The normalized spacial score (nSPS) is 10.2. The van der Waals surface area contributed by atoms with Gasteiger partial charge >= 0.3 is 0 Å². The monoisotopic (exact) mass is 247 g/mol. The molecule has 0 saturated carbocycles. The van der Waals surface area contributed by atoms with Crippen LogP contribution in [-0.4, -0.2) is 14.2 Å². The topological polar surface area (TPSA) is 44.5 Å². The Morgan fingerprint density at radius 3 is 2.33 bits per heavy atom. The van der Waals surface area contributed by atoms with Gasteiger partial charge in [-0.05, 0) is 23.8 Å². The van der Waals surface area contributed by atoms with E-state index >= 15 is 0 Å². The number of benzene rings is 2. The van der Waals surface area contributed by atoms with Crippen LogP contribution in [0.4, 0.5) is 10.1 Å². The van der Waals surface area contributed by atoms with Crippen LogP contribution >= 0.6 is 0 Å². The molecular weight excluding hydrogens is 233 g/mol. The maximum atomic E-state index is 14.1. The second-order valence-corrected chi connectivity index (χ2v) is 3.78. The van der Waals surface area contributed by atoms with Crippen molar-refractivity contribution in [3.63, 3.8) is 0 Å². The second kappa shape index (κ2) is 4.96. The summed E-state index contributed by atoms with van der Waals surface area (Å²) >= 11 is 0. The van der Waals surface area contributed by atoms with Crippen molar-refractivity contribution in [2.45, 2.75) is 0 Å². The Balaban J connectivity index is 2.52. The molecule has 2 aromatic rings. The van der Waals surface area contributed by atoms with Crippen molar-refractivity contribution in [2.24, 2.45) is 0 Å². The number of nitrogens with two attached hydrogens (primary N) is 1. The molecule has 0 atom stereocenters. The minimum atomic E-state index is -0.399. The molecule has 0 unspecified atom stereocenters. The summed E-state index contributed by atoms with van der Waals surface area (Å²) in [6.07, 6.45) is 0. The molecule has 3 nitrogen and oxygen atoms in total. The minimum absolute atomic E-state index is 0.210. The van der Waals surface area contributed by atoms with Crippen LogP contribution in [0.5, 0.6) is 11.5 Å². The second-order valence-electron chi connectivity index (χ2n) is 3.78. The van der Waals surface area contributed by atoms with E-state index in [4.69, 9.17) is 15.2 Å². The van der Waals surface area contributed by atoms with Crippen molar-refractivity contribution in [3.05, 3.63) is 42.2 Å². The Morgan fingerprint density at radius 2 is 1.72 bits per heavy atom. The van der Waals surface area contributed by atoms with E-state index in [-0.39, 0.29) is 5.75 Å². The summed E-state index contributed by atoms with van der Waals surface area (Å²) in [4.78, 5) is 0. The molecule has 2 aromatic carbocycles. The summed E-state index contributed by atoms with van der Waals surface area (Å²) in [6, 6.07) is 10.1. The Bertz CT molecular complexity index is 570. The van der Waals surface area contributed by atoms with E-state index in [0.717, 1.165) is 0 Å². The van der Waals surface area contributed by atoms with Gasteiger partial charge in [0.15, 0.2) is 11.6 Å². The highest BCUT2D eigenvalue weighted by atomic mass is 19.1. The van der Waals surface area contributed by atoms with Crippen molar-refractivity contribution in [1.29, 1.82) is 0 Å². The first-order chi connectivity index (χ1) is 8.67. The van der Waals surface area contributed by atoms with Crippen LogP contribution in [0.1, 0.15) is 0 Å². The van der Waals surface area contributed by atoms with Crippen LogP contribution in [0.2, 0.25) is 0 Å². The quantitative estimate of drug-likeness (QED) is 0.848. The molecule has 4 heteroatoms. The fourth-order valence-corrected chi connectivity index (χ4v) is 1.79. The van der Waals surface area contributed by atoms with E-state index < -0.39 is 5.82 Å². The van der Waals surface area contributed by atoms with Gasteiger partial charge in [-0.3, -0.25) is 0 Å². The van der Waals surface area contributed by atoms with Crippen LogP contribution < -0.4 is 15.2 Å². The Labute approximate surface area is 105 Å². The summed E-state index contributed by atoms with van der Waals surface area (Å²) in [7, 11) is 2.97. The van der Waals surface area contributed by atoms with E-state index in [9.17, 15) is 4.39 Å². The van der Waals surface area contributed by atoms with E-state index in [1.165, 1.54) is 14.2 Å². The van der Waals surface area contributed by atoms with Crippen LogP contribution in [-0.2, 0) is 0 Å². The average molecular weight is 247 g/mol. The first-order valence-corrected chi connectivity index (χ1v) is 5.43. The van der Waals surface area contributed by atoms with Crippen LogP contribution in [0.3, 0.4) is 0 Å². The third kappa shape index (κ3) is 2.09. The van der Waals surface area contributed by atoms with Crippen LogP contribution in [0.15, 0.2) is 36.4 Å². The Hall–Kier alpha value is -2.23. The maximum Gasteiger partial charge on any atom is 0.172 e. The van der Waals surface area contributed by atoms with Crippen molar-refractivity contribution in [2.75, 3.05) is 20.0 Å². The molecule has 2 rings (SSSR count). The molecule has 18 heavy (non-hydrogen) atoms. The lowest BCUT2D eigenvalue weighted by atomic mass is 10.0. The summed E-state index contributed by atoms with van der Waals surface area (Å²) in [5, 5.41) is 0. The highest BCUT2D eigenvalue weighted by Gasteiger charge is 2.11. The molecule has 0 fully saturated rings. The lowest BCUT2D eigenvalue weighted by Crippen LogP contribution is -1.94. The zero-order chi connectivity index (χ0) is 13.1. The molecule has 0 heterocycles. The van der Waals surface area contributed by atoms with Crippen LogP contribution in [0, 0.1) is 5.82 Å². The van der Waals surface area contributed by atoms with Crippen molar-refractivity contribution in [1.82, 2.24) is 0 Å². The lowest BCUT2D eigenvalue weighted by molar-refractivity contribution is 0.387. The predicted molar refractivity (Wildman–Crippen MR) is 69.4 cm³/mol. The molecule has 0 saturated heterocycles. The SMILES string of the molecule is COc1ccc(-c2cccc(OC)c2F)cc1N. The van der Waals surface area contributed by atoms with Gasteiger partial charge in [-0.1, -0.05) is 18.2 Å². The van der Waals surface area contributed by atoms with Crippen molar-refractivity contribution >= 4 is 5.69 Å². The highest BCUT2D eigenvalue weighted by Crippen LogP contribution is 2.32. The summed E-state index contributed by atoms with van der Waals surface area (Å²) in [5.41, 5.74) is 7.41. The smallest absolute Gasteiger partial charge is 0.172 e. The van der Waals surface area contributed by atoms with E-state index in [1.54, 1.807) is 36.4 Å². The largest absolute Gasteiger partial charge is 0.495 e. The molecule has 94 valence electrons. The first-order valence-electron chi connectivity index (χ1n) is 5.43. The summed E-state index contributed by atoms with van der Waals surface area (Å²) in [5.74, 6) is 0.383. The van der Waals surface area contributed by atoms with Crippen LogP contribution in [0.25, 0.3) is 11.1 Å². The number of anilines is 1. The number of halogens is 1. The molecule has 2 N–H and O–H groups in total. The molecule has 0 aromatic heterocycles. The number of rotatable bonds is 3.